The minimum Gasteiger partial charge on any atom is -0.392 e. The van der Waals surface area contributed by atoms with Gasteiger partial charge >= 0.3 is 0 Å². The van der Waals surface area contributed by atoms with Crippen molar-refractivity contribution in [1.29, 1.82) is 0 Å². The van der Waals surface area contributed by atoms with Crippen molar-refractivity contribution in [3.8, 4) is 0 Å². The summed E-state index contributed by atoms with van der Waals surface area (Å²) in [5.74, 6) is 0. The molecule has 0 rings (SSSR count). The standard InChI is InChI=1S/C5H12N2O2S2/c1-3-4(5(6)10)7-11(2,8)9/h4,7H,3H2,1-2H3,(H2,6,10). The lowest BCUT2D eigenvalue weighted by Gasteiger charge is -2.12. The normalized spacial score (nSPS) is 14.4. The molecule has 4 nitrogen and oxygen atoms in total. The van der Waals surface area contributed by atoms with E-state index in [2.05, 4.69) is 16.9 Å². The molecule has 0 aliphatic rings. The molecule has 0 saturated carbocycles. The average Bonchev–Trinajstić information content (AvgIpc) is 1.80. The third-order valence-electron chi connectivity index (χ3n) is 1.11. The molecule has 6 heteroatoms. The summed E-state index contributed by atoms with van der Waals surface area (Å²) >= 11 is 4.64. The lowest BCUT2D eigenvalue weighted by molar-refractivity contribution is 0.578. The van der Waals surface area contributed by atoms with Crippen LogP contribution >= 0.6 is 12.2 Å². The molecule has 0 aromatic heterocycles. The predicted octanol–water partition coefficient (Wildman–Crippen LogP) is -0.400. The molecule has 0 fully saturated rings. The molecule has 0 aromatic rings. The van der Waals surface area contributed by atoms with Gasteiger partial charge in [-0.15, -0.1) is 0 Å². The molecule has 1 unspecified atom stereocenters. The number of hydrogen-bond donors (Lipinski definition) is 2. The fourth-order valence-corrected chi connectivity index (χ4v) is 1.71. The van der Waals surface area contributed by atoms with Gasteiger partial charge in [-0.25, -0.2) is 13.1 Å². The van der Waals surface area contributed by atoms with Crippen molar-refractivity contribution in [3.05, 3.63) is 0 Å². The van der Waals surface area contributed by atoms with E-state index < -0.39 is 16.1 Å². The van der Waals surface area contributed by atoms with E-state index in [1.165, 1.54) is 0 Å². The number of nitrogens with one attached hydrogen (secondary N) is 1. The van der Waals surface area contributed by atoms with Crippen LogP contribution < -0.4 is 10.5 Å². The molecule has 0 bridgehead atoms. The topological polar surface area (TPSA) is 72.2 Å². The van der Waals surface area contributed by atoms with Crippen LogP contribution in [0.4, 0.5) is 0 Å². The first-order valence-electron chi connectivity index (χ1n) is 3.13. The van der Waals surface area contributed by atoms with E-state index in [9.17, 15) is 8.42 Å². The molecule has 0 saturated heterocycles. The highest BCUT2D eigenvalue weighted by Crippen LogP contribution is 1.92. The zero-order valence-electron chi connectivity index (χ0n) is 6.49. The van der Waals surface area contributed by atoms with E-state index in [1.54, 1.807) is 0 Å². The second kappa shape index (κ2) is 3.99. The van der Waals surface area contributed by atoms with Gasteiger partial charge in [-0.3, -0.25) is 0 Å². The molecule has 0 radical (unpaired) electrons. The number of nitrogens with two attached hydrogens (primary N) is 1. The van der Waals surface area contributed by atoms with Crippen LogP contribution in [-0.4, -0.2) is 25.7 Å². The summed E-state index contributed by atoms with van der Waals surface area (Å²) < 4.78 is 23.7. The highest BCUT2D eigenvalue weighted by atomic mass is 32.2. The Morgan fingerprint density at radius 1 is 1.73 bits per heavy atom. The summed E-state index contributed by atoms with van der Waals surface area (Å²) in [4.78, 5) is 0.179. The Bertz CT molecular complexity index is 235. The minimum atomic E-state index is -3.20. The van der Waals surface area contributed by atoms with Crippen molar-refractivity contribution < 1.29 is 8.42 Å². The first-order valence-corrected chi connectivity index (χ1v) is 5.43. The van der Waals surface area contributed by atoms with E-state index in [-0.39, 0.29) is 4.99 Å². The predicted molar refractivity (Wildman–Crippen MR) is 48.8 cm³/mol. The number of sulfonamides is 1. The summed E-state index contributed by atoms with van der Waals surface area (Å²) in [6.07, 6.45) is 1.65. The molecule has 3 N–H and O–H groups in total. The summed E-state index contributed by atoms with van der Waals surface area (Å²) in [7, 11) is -3.20. The third-order valence-corrected chi connectivity index (χ3v) is 2.11. The van der Waals surface area contributed by atoms with Gasteiger partial charge in [-0.1, -0.05) is 19.1 Å². The highest BCUT2D eigenvalue weighted by Gasteiger charge is 2.13. The lowest BCUT2D eigenvalue weighted by Crippen LogP contribution is -2.42. The molecule has 0 aliphatic heterocycles. The van der Waals surface area contributed by atoms with Crippen LogP contribution in [0.2, 0.25) is 0 Å². The van der Waals surface area contributed by atoms with Crippen LogP contribution in [0.5, 0.6) is 0 Å². The zero-order chi connectivity index (χ0) is 9.07. The van der Waals surface area contributed by atoms with Gasteiger partial charge in [-0.05, 0) is 6.42 Å². The SMILES string of the molecule is CCC(NS(C)(=O)=O)C(N)=S. The summed E-state index contributed by atoms with van der Waals surface area (Å²) in [5.41, 5.74) is 5.26. The van der Waals surface area contributed by atoms with E-state index >= 15 is 0 Å². The van der Waals surface area contributed by atoms with Gasteiger partial charge in [0, 0.05) is 0 Å². The van der Waals surface area contributed by atoms with Crippen molar-refractivity contribution in [2.45, 2.75) is 19.4 Å². The maximum atomic E-state index is 10.7. The monoisotopic (exact) mass is 196 g/mol. The van der Waals surface area contributed by atoms with Gasteiger partial charge in [0.1, 0.15) is 0 Å². The van der Waals surface area contributed by atoms with Crippen LogP contribution in [0.15, 0.2) is 0 Å². The molecule has 66 valence electrons. The Kier molecular flexibility index (Phi) is 3.91. The first kappa shape index (κ1) is 10.8. The van der Waals surface area contributed by atoms with E-state index in [0.717, 1.165) is 6.26 Å². The Morgan fingerprint density at radius 2 is 2.18 bits per heavy atom. The maximum Gasteiger partial charge on any atom is 0.209 e. The molecule has 1 atom stereocenters. The maximum absolute atomic E-state index is 10.7. The summed E-state index contributed by atoms with van der Waals surface area (Å²) in [5, 5.41) is 0. The molecule has 11 heavy (non-hydrogen) atoms. The third kappa shape index (κ3) is 5.11. The quantitative estimate of drug-likeness (QED) is 0.600. The lowest BCUT2D eigenvalue weighted by atomic mass is 10.2. The Hall–Kier alpha value is -0.200. The molecule has 0 aromatic carbocycles. The second-order valence-corrected chi connectivity index (χ2v) is 4.50. The summed E-state index contributed by atoms with van der Waals surface area (Å²) in [6.45, 7) is 1.81. The molecule has 0 amide bonds. The van der Waals surface area contributed by atoms with Crippen LogP contribution in [0.25, 0.3) is 0 Å². The van der Waals surface area contributed by atoms with Crippen molar-refractivity contribution in [1.82, 2.24) is 4.72 Å². The van der Waals surface area contributed by atoms with Gasteiger partial charge in [-0.2, -0.15) is 0 Å². The molecular weight excluding hydrogens is 184 g/mol. The summed E-state index contributed by atoms with van der Waals surface area (Å²) in [6, 6.07) is -0.417. The molecule has 0 heterocycles. The first-order chi connectivity index (χ1) is 4.87. The van der Waals surface area contributed by atoms with Crippen LogP contribution in [0.3, 0.4) is 0 Å². The zero-order valence-corrected chi connectivity index (χ0v) is 8.13. The Morgan fingerprint density at radius 3 is 2.27 bits per heavy atom. The van der Waals surface area contributed by atoms with Crippen molar-refractivity contribution in [3.63, 3.8) is 0 Å². The van der Waals surface area contributed by atoms with E-state index in [1.807, 2.05) is 6.92 Å². The van der Waals surface area contributed by atoms with Gasteiger partial charge in [0.05, 0.1) is 17.3 Å². The fourth-order valence-electron chi connectivity index (χ4n) is 0.601. The van der Waals surface area contributed by atoms with Crippen LogP contribution in [-0.2, 0) is 10.0 Å². The van der Waals surface area contributed by atoms with Gasteiger partial charge < -0.3 is 5.73 Å². The van der Waals surface area contributed by atoms with Gasteiger partial charge in [0.2, 0.25) is 10.0 Å². The van der Waals surface area contributed by atoms with Gasteiger partial charge in [0.15, 0.2) is 0 Å². The average molecular weight is 196 g/mol. The fraction of sp³-hybridized carbons (Fsp3) is 0.800. The smallest absolute Gasteiger partial charge is 0.209 e. The molecular formula is C5H12N2O2S2. The Labute approximate surface area is 72.2 Å². The van der Waals surface area contributed by atoms with Crippen molar-refractivity contribution >= 4 is 27.2 Å². The van der Waals surface area contributed by atoms with Crippen LogP contribution in [0.1, 0.15) is 13.3 Å². The minimum absolute atomic E-state index is 0.179. The van der Waals surface area contributed by atoms with Crippen LogP contribution in [0, 0.1) is 0 Å². The second-order valence-electron chi connectivity index (χ2n) is 2.25. The van der Waals surface area contributed by atoms with Crippen molar-refractivity contribution in [2.24, 2.45) is 5.73 Å². The number of rotatable bonds is 4. The van der Waals surface area contributed by atoms with Crippen molar-refractivity contribution in [2.75, 3.05) is 6.26 Å². The number of thiocarbonyl (C=S) groups is 1. The Balaban J connectivity index is 4.22. The van der Waals surface area contributed by atoms with E-state index in [0.29, 0.717) is 6.42 Å². The molecule has 0 aliphatic carbocycles. The largest absolute Gasteiger partial charge is 0.392 e. The molecule has 0 spiro atoms. The number of hydrogen-bond acceptors (Lipinski definition) is 3. The van der Waals surface area contributed by atoms with E-state index in [4.69, 9.17) is 5.73 Å². The van der Waals surface area contributed by atoms with Gasteiger partial charge in [0.25, 0.3) is 0 Å². The highest BCUT2D eigenvalue weighted by molar-refractivity contribution is 7.88.